The summed E-state index contributed by atoms with van der Waals surface area (Å²) in [5, 5.41) is 7.23. The number of hydrogen-bond donors (Lipinski definition) is 1. The maximum absolute atomic E-state index is 5.61. The fraction of sp³-hybridized carbons (Fsp3) is 0.385. The Morgan fingerprint density at radius 1 is 1.21 bits per heavy atom. The molecule has 5 nitrogen and oxygen atoms in total. The third-order valence-corrected chi connectivity index (χ3v) is 3.70. The van der Waals surface area contributed by atoms with Gasteiger partial charge in [0.05, 0.1) is 0 Å². The largest absolute Gasteiger partial charge is 0.486 e. The lowest BCUT2D eigenvalue weighted by molar-refractivity contribution is 0.171. The predicted molar refractivity (Wildman–Crippen MR) is 72.1 cm³/mol. The molecule has 1 aliphatic carbocycles. The van der Waals surface area contributed by atoms with Crippen molar-refractivity contribution in [3.05, 3.63) is 23.0 Å². The first-order valence-corrected chi connectivity index (χ1v) is 6.81. The average molecular weight is 275 g/mol. The fourth-order valence-electron chi connectivity index (χ4n) is 2.36. The van der Waals surface area contributed by atoms with Crippen LogP contribution in [0, 0.1) is 4.77 Å². The molecule has 0 radical (unpaired) electrons. The van der Waals surface area contributed by atoms with E-state index in [0.717, 1.165) is 22.9 Å². The molecule has 98 valence electrons. The second kappa shape index (κ2) is 4.09. The monoisotopic (exact) mass is 275 g/mol. The number of benzene rings is 1. The predicted octanol–water partition coefficient (Wildman–Crippen LogP) is 2.71. The molecule has 0 bridgehead atoms. The van der Waals surface area contributed by atoms with Gasteiger partial charge in [-0.3, -0.25) is 9.67 Å². The molecule has 1 aliphatic heterocycles. The van der Waals surface area contributed by atoms with Gasteiger partial charge in [0.15, 0.2) is 22.1 Å². The number of ether oxygens (including phenoxy) is 2. The molecule has 0 saturated heterocycles. The lowest BCUT2D eigenvalue weighted by Gasteiger charge is -2.18. The van der Waals surface area contributed by atoms with Crippen molar-refractivity contribution in [1.29, 1.82) is 0 Å². The van der Waals surface area contributed by atoms with Crippen LogP contribution >= 0.6 is 12.2 Å². The van der Waals surface area contributed by atoms with Gasteiger partial charge in [0, 0.05) is 11.6 Å². The van der Waals surface area contributed by atoms with E-state index in [1.54, 1.807) is 0 Å². The SMILES string of the molecule is S=c1[nH]nc(-c2ccc3c(c2)OCCO3)n1C1CC1. The molecule has 1 aromatic heterocycles. The standard InChI is InChI=1S/C13H13N3O2S/c19-13-15-14-12(16(13)9-2-3-9)8-1-4-10-11(7-8)18-6-5-17-10/h1,4,7,9H,2-3,5-6H2,(H,15,19). The van der Waals surface area contributed by atoms with Crippen LogP contribution in [0.1, 0.15) is 18.9 Å². The first-order chi connectivity index (χ1) is 9.33. The van der Waals surface area contributed by atoms with Gasteiger partial charge in [-0.05, 0) is 43.3 Å². The summed E-state index contributed by atoms with van der Waals surface area (Å²) in [5.74, 6) is 2.45. The Morgan fingerprint density at radius 3 is 2.79 bits per heavy atom. The molecule has 2 aromatic rings. The van der Waals surface area contributed by atoms with E-state index in [0.29, 0.717) is 24.0 Å². The minimum Gasteiger partial charge on any atom is -0.486 e. The summed E-state index contributed by atoms with van der Waals surface area (Å²) in [5.41, 5.74) is 1.00. The molecule has 0 amide bonds. The van der Waals surface area contributed by atoms with Crippen molar-refractivity contribution in [2.24, 2.45) is 0 Å². The van der Waals surface area contributed by atoms with Crippen LogP contribution in [-0.2, 0) is 0 Å². The van der Waals surface area contributed by atoms with Crippen LogP contribution in [0.5, 0.6) is 11.5 Å². The first-order valence-electron chi connectivity index (χ1n) is 6.40. The molecule has 0 unspecified atom stereocenters. The topological polar surface area (TPSA) is 52.1 Å². The van der Waals surface area contributed by atoms with Gasteiger partial charge in [-0.15, -0.1) is 0 Å². The highest BCUT2D eigenvalue weighted by Crippen LogP contribution is 2.40. The zero-order chi connectivity index (χ0) is 12.8. The van der Waals surface area contributed by atoms with E-state index in [1.165, 1.54) is 12.8 Å². The van der Waals surface area contributed by atoms with Crippen molar-refractivity contribution >= 4 is 12.2 Å². The maximum Gasteiger partial charge on any atom is 0.195 e. The van der Waals surface area contributed by atoms with Crippen LogP contribution in [0.3, 0.4) is 0 Å². The lowest BCUT2D eigenvalue weighted by atomic mass is 10.2. The first kappa shape index (κ1) is 11.0. The zero-order valence-electron chi connectivity index (χ0n) is 10.3. The second-order valence-electron chi connectivity index (χ2n) is 4.81. The van der Waals surface area contributed by atoms with Gasteiger partial charge < -0.3 is 9.47 Å². The minimum atomic E-state index is 0.495. The molecule has 19 heavy (non-hydrogen) atoms. The van der Waals surface area contributed by atoms with Crippen molar-refractivity contribution < 1.29 is 9.47 Å². The molecule has 6 heteroatoms. The number of aromatic amines is 1. The third-order valence-electron chi connectivity index (χ3n) is 3.42. The molecule has 2 aliphatic rings. The fourth-order valence-corrected chi connectivity index (χ4v) is 2.64. The summed E-state index contributed by atoms with van der Waals surface area (Å²) in [6.45, 7) is 1.19. The molecular weight excluding hydrogens is 262 g/mol. The van der Waals surface area contributed by atoms with Gasteiger partial charge in [0.2, 0.25) is 0 Å². The van der Waals surface area contributed by atoms with Gasteiger partial charge >= 0.3 is 0 Å². The van der Waals surface area contributed by atoms with Gasteiger partial charge in [-0.2, -0.15) is 5.10 Å². The second-order valence-corrected chi connectivity index (χ2v) is 5.20. The number of hydrogen-bond acceptors (Lipinski definition) is 4. The summed E-state index contributed by atoms with van der Waals surface area (Å²) in [6.07, 6.45) is 2.34. The van der Waals surface area contributed by atoms with Crippen molar-refractivity contribution in [3.63, 3.8) is 0 Å². The molecule has 4 rings (SSSR count). The summed E-state index contributed by atoms with van der Waals surface area (Å²) >= 11 is 5.30. The van der Waals surface area contributed by atoms with Crippen LogP contribution < -0.4 is 9.47 Å². The van der Waals surface area contributed by atoms with Crippen molar-refractivity contribution in [3.8, 4) is 22.9 Å². The van der Waals surface area contributed by atoms with Gasteiger partial charge in [-0.1, -0.05) is 0 Å². The normalized spacial score (nSPS) is 17.5. The number of aromatic nitrogens is 3. The summed E-state index contributed by atoms with van der Waals surface area (Å²) in [4.78, 5) is 0. The van der Waals surface area contributed by atoms with E-state index in [-0.39, 0.29) is 0 Å². The molecule has 0 atom stereocenters. The highest BCUT2D eigenvalue weighted by Gasteiger charge is 2.28. The lowest BCUT2D eigenvalue weighted by Crippen LogP contribution is -2.15. The molecular formula is C13H13N3O2S. The Morgan fingerprint density at radius 2 is 2.00 bits per heavy atom. The molecule has 1 fully saturated rings. The molecule has 2 heterocycles. The van der Waals surface area contributed by atoms with Crippen LogP contribution in [0.4, 0.5) is 0 Å². The quantitative estimate of drug-likeness (QED) is 0.856. The number of nitrogens with zero attached hydrogens (tertiary/aromatic N) is 2. The average Bonchev–Trinajstić information content (AvgIpc) is 3.21. The minimum absolute atomic E-state index is 0.495. The van der Waals surface area contributed by atoms with Gasteiger partial charge in [-0.25, -0.2) is 0 Å². The smallest absolute Gasteiger partial charge is 0.195 e. The maximum atomic E-state index is 5.61. The van der Waals surface area contributed by atoms with Crippen LogP contribution in [0.15, 0.2) is 18.2 Å². The van der Waals surface area contributed by atoms with Crippen molar-refractivity contribution in [2.75, 3.05) is 13.2 Å². The van der Waals surface area contributed by atoms with E-state index in [4.69, 9.17) is 21.7 Å². The Labute approximate surface area is 115 Å². The van der Waals surface area contributed by atoms with Crippen LogP contribution in [0.25, 0.3) is 11.4 Å². The number of H-pyrrole nitrogens is 1. The zero-order valence-corrected chi connectivity index (χ0v) is 11.1. The van der Waals surface area contributed by atoms with E-state index in [9.17, 15) is 0 Å². The molecule has 1 N–H and O–H groups in total. The Bertz CT molecular complexity index is 687. The van der Waals surface area contributed by atoms with E-state index < -0.39 is 0 Å². The molecule has 1 saturated carbocycles. The number of nitrogens with one attached hydrogen (secondary N) is 1. The molecule has 1 aromatic carbocycles. The van der Waals surface area contributed by atoms with Gasteiger partial charge in [0.25, 0.3) is 0 Å². The Kier molecular flexibility index (Phi) is 2.38. The van der Waals surface area contributed by atoms with Crippen LogP contribution in [-0.4, -0.2) is 28.0 Å². The highest BCUT2D eigenvalue weighted by molar-refractivity contribution is 7.71. The Hall–Kier alpha value is -1.82. The Balaban J connectivity index is 1.82. The number of fused-ring (bicyclic) bond motifs is 1. The summed E-state index contributed by atoms with van der Waals surface area (Å²) in [7, 11) is 0. The highest BCUT2D eigenvalue weighted by atomic mass is 32.1. The summed E-state index contributed by atoms with van der Waals surface area (Å²) < 4.78 is 13.9. The van der Waals surface area contributed by atoms with E-state index in [2.05, 4.69) is 14.8 Å². The summed E-state index contributed by atoms with van der Waals surface area (Å²) in [6, 6.07) is 6.39. The molecule has 0 spiro atoms. The van der Waals surface area contributed by atoms with Crippen LogP contribution in [0.2, 0.25) is 0 Å². The van der Waals surface area contributed by atoms with Gasteiger partial charge in [0.1, 0.15) is 13.2 Å². The van der Waals surface area contributed by atoms with Crippen molar-refractivity contribution in [1.82, 2.24) is 14.8 Å². The number of rotatable bonds is 2. The van der Waals surface area contributed by atoms with E-state index in [1.807, 2.05) is 18.2 Å². The van der Waals surface area contributed by atoms with Crippen molar-refractivity contribution in [2.45, 2.75) is 18.9 Å². The third kappa shape index (κ3) is 1.83. The van der Waals surface area contributed by atoms with E-state index >= 15 is 0 Å².